The molecule has 1 aromatic carbocycles. The van der Waals surface area contributed by atoms with E-state index in [2.05, 4.69) is 11.9 Å². The van der Waals surface area contributed by atoms with Crippen molar-refractivity contribution in [2.24, 2.45) is 5.92 Å². The lowest BCUT2D eigenvalue weighted by molar-refractivity contribution is 0.492. The Balaban J connectivity index is 2.26. The summed E-state index contributed by atoms with van der Waals surface area (Å²) in [5, 5.41) is 0. The number of benzene rings is 1. The van der Waals surface area contributed by atoms with E-state index < -0.39 is 0 Å². The number of rotatable bonds is 2. The Hall–Kier alpha value is -1.16. The molecule has 0 spiro atoms. The van der Waals surface area contributed by atoms with Crippen LogP contribution in [0.25, 0.3) is 11.0 Å². The zero-order valence-corrected chi connectivity index (χ0v) is 9.85. The molecule has 1 aliphatic rings. The first-order chi connectivity index (χ1) is 7.68. The van der Waals surface area contributed by atoms with Crippen LogP contribution in [0.5, 0.6) is 0 Å². The molecule has 4 heteroatoms. The molecule has 1 aromatic heterocycles. The van der Waals surface area contributed by atoms with E-state index in [1.165, 1.54) is 18.9 Å². The average molecular weight is 236 g/mol. The third kappa shape index (κ3) is 1.40. The summed E-state index contributed by atoms with van der Waals surface area (Å²) in [5.74, 6) is 0.472. The summed E-state index contributed by atoms with van der Waals surface area (Å²) in [6, 6.07) is 5.47. The highest BCUT2D eigenvalue weighted by Gasteiger charge is 2.30. The predicted octanol–water partition coefficient (Wildman–Crippen LogP) is 3.81. The lowest BCUT2D eigenvalue weighted by Crippen LogP contribution is -2.06. The number of imidazole rings is 1. The molecule has 3 rings (SSSR count). The van der Waals surface area contributed by atoms with E-state index in [9.17, 15) is 4.39 Å². The van der Waals surface area contributed by atoms with Crippen molar-refractivity contribution < 1.29 is 4.39 Å². The van der Waals surface area contributed by atoms with Gasteiger partial charge in [0.25, 0.3) is 0 Å². The van der Waals surface area contributed by atoms with Crippen LogP contribution >= 0.6 is 12.2 Å². The van der Waals surface area contributed by atoms with Crippen LogP contribution in [0.15, 0.2) is 18.2 Å². The molecular weight excluding hydrogens is 223 g/mol. The van der Waals surface area contributed by atoms with Crippen molar-refractivity contribution in [1.29, 1.82) is 0 Å². The maximum Gasteiger partial charge on any atom is 0.178 e. The zero-order valence-electron chi connectivity index (χ0n) is 9.03. The van der Waals surface area contributed by atoms with Gasteiger partial charge in [0.15, 0.2) is 4.77 Å². The second kappa shape index (κ2) is 3.42. The van der Waals surface area contributed by atoms with Gasteiger partial charge in [-0.2, -0.15) is 0 Å². The monoisotopic (exact) mass is 236 g/mol. The van der Waals surface area contributed by atoms with Gasteiger partial charge in [0, 0.05) is 6.04 Å². The van der Waals surface area contributed by atoms with Crippen LogP contribution in [-0.4, -0.2) is 9.55 Å². The summed E-state index contributed by atoms with van der Waals surface area (Å²) in [4.78, 5) is 2.96. The van der Waals surface area contributed by atoms with Gasteiger partial charge in [-0.05, 0) is 50.0 Å². The van der Waals surface area contributed by atoms with Crippen LogP contribution in [0.2, 0.25) is 0 Å². The number of halogens is 1. The average Bonchev–Trinajstić information content (AvgIpc) is 3.02. The summed E-state index contributed by atoms with van der Waals surface area (Å²) in [6.45, 7) is 2.16. The van der Waals surface area contributed by atoms with Crippen molar-refractivity contribution in [3.8, 4) is 0 Å². The second-order valence-corrected chi connectivity index (χ2v) is 4.90. The Labute approximate surface area is 98.1 Å². The van der Waals surface area contributed by atoms with Crippen molar-refractivity contribution in [2.75, 3.05) is 0 Å². The molecule has 1 saturated carbocycles. The largest absolute Gasteiger partial charge is 0.328 e. The lowest BCUT2D eigenvalue weighted by atomic mass is 10.2. The maximum atomic E-state index is 13.6. The van der Waals surface area contributed by atoms with E-state index in [0.717, 1.165) is 5.52 Å². The summed E-state index contributed by atoms with van der Waals surface area (Å²) in [5.41, 5.74) is 1.41. The Morgan fingerprint density at radius 2 is 2.25 bits per heavy atom. The molecule has 16 heavy (non-hydrogen) atoms. The van der Waals surface area contributed by atoms with Crippen LogP contribution in [0, 0.1) is 16.5 Å². The number of fused-ring (bicyclic) bond motifs is 1. The molecule has 1 N–H and O–H groups in total. The number of nitrogens with one attached hydrogen (secondary N) is 1. The van der Waals surface area contributed by atoms with Gasteiger partial charge in [0.05, 0.1) is 5.52 Å². The van der Waals surface area contributed by atoms with E-state index in [1.54, 1.807) is 6.07 Å². The van der Waals surface area contributed by atoms with Crippen molar-refractivity contribution in [2.45, 2.75) is 25.8 Å². The molecule has 0 saturated heterocycles. The fraction of sp³-hybridized carbons (Fsp3) is 0.417. The van der Waals surface area contributed by atoms with E-state index >= 15 is 0 Å². The number of aromatic nitrogens is 2. The molecule has 0 amide bonds. The van der Waals surface area contributed by atoms with E-state index in [1.807, 2.05) is 10.6 Å². The molecule has 84 valence electrons. The van der Waals surface area contributed by atoms with Gasteiger partial charge in [-0.3, -0.25) is 0 Å². The van der Waals surface area contributed by atoms with Crippen LogP contribution in [-0.2, 0) is 0 Å². The molecule has 0 radical (unpaired) electrons. The first-order valence-electron chi connectivity index (χ1n) is 5.57. The molecule has 1 atom stereocenters. The van der Waals surface area contributed by atoms with Crippen molar-refractivity contribution in [1.82, 2.24) is 9.55 Å². The normalized spacial score (nSPS) is 17.9. The minimum atomic E-state index is -0.231. The summed E-state index contributed by atoms with van der Waals surface area (Å²) in [7, 11) is 0. The predicted molar refractivity (Wildman–Crippen MR) is 64.5 cm³/mol. The number of H-pyrrole nitrogens is 1. The summed E-state index contributed by atoms with van der Waals surface area (Å²) >= 11 is 5.28. The summed E-state index contributed by atoms with van der Waals surface area (Å²) in [6.07, 6.45) is 2.51. The summed E-state index contributed by atoms with van der Waals surface area (Å²) < 4.78 is 16.2. The van der Waals surface area contributed by atoms with Crippen LogP contribution < -0.4 is 0 Å². The smallest absolute Gasteiger partial charge is 0.178 e. The second-order valence-electron chi connectivity index (χ2n) is 4.51. The minimum Gasteiger partial charge on any atom is -0.328 e. The fourth-order valence-corrected chi connectivity index (χ4v) is 2.67. The van der Waals surface area contributed by atoms with Gasteiger partial charge in [-0.25, -0.2) is 4.39 Å². The van der Waals surface area contributed by atoms with Gasteiger partial charge in [-0.15, -0.1) is 0 Å². The SMILES string of the molecule is CC(C1CC1)n1c(=S)[nH]c2c(F)cccc21. The molecule has 1 heterocycles. The number of para-hydroxylation sites is 1. The Morgan fingerprint density at radius 1 is 1.50 bits per heavy atom. The number of hydrogen-bond donors (Lipinski definition) is 1. The van der Waals surface area contributed by atoms with Gasteiger partial charge in [-0.1, -0.05) is 6.07 Å². The van der Waals surface area contributed by atoms with Crippen LogP contribution in [0.3, 0.4) is 0 Å². The topological polar surface area (TPSA) is 20.7 Å². The van der Waals surface area contributed by atoms with E-state index in [0.29, 0.717) is 22.2 Å². The van der Waals surface area contributed by atoms with Gasteiger partial charge >= 0.3 is 0 Å². The van der Waals surface area contributed by atoms with Gasteiger partial charge in [0.2, 0.25) is 0 Å². The zero-order chi connectivity index (χ0) is 11.3. The minimum absolute atomic E-state index is 0.231. The fourth-order valence-electron chi connectivity index (χ4n) is 2.31. The molecule has 1 unspecified atom stereocenters. The molecular formula is C12H13FN2S. The van der Waals surface area contributed by atoms with Gasteiger partial charge in [0.1, 0.15) is 11.3 Å². The molecule has 2 nitrogen and oxygen atoms in total. The quantitative estimate of drug-likeness (QED) is 0.786. The highest BCUT2D eigenvalue weighted by molar-refractivity contribution is 7.71. The molecule has 2 aromatic rings. The van der Waals surface area contributed by atoms with E-state index in [4.69, 9.17) is 12.2 Å². The molecule has 1 fully saturated rings. The van der Waals surface area contributed by atoms with E-state index in [-0.39, 0.29) is 5.82 Å². The van der Waals surface area contributed by atoms with Crippen molar-refractivity contribution in [3.05, 3.63) is 28.8 Å². The van der Waals surface area contributed by atoms with Crippen LogP contribution in [0.4, 0.5) is 4.39 Å². The van der Waals surface area contributed by atoms with Crippen molar-refractivity contribution in [3.63, 3.8) is 0 Å². The third-order valence-corrected chi connectivity index (χ3v) is 3.71. The molecule has 1 aliphatic carbocycles. The highest BCUT2D eigenvalue weighted by atomic mass is 32.1. The molecule has 0 bridgehead atoms. The van der Waals surface area contributed by atoms with Gasteiger partial charge < -0.3 is 9.55 Å². The first-order valence-corrected chi connectivity index (χ1v) is 5.98. The maximum absolute atomic E-state index is 13.6. The highest BCUT2D eigenvalue weighted by Crippen LogP contribution is 2.40. The Kier molecular flexibility index (Phi) is 2.14. The Morgan fingerprint density at radius 3 is 2.94 bits per heavy atom. The number of aromatic amines is 1. The first kappa shape index (κ1) is 10.0. The third-order valence-electron chi connectivity index (χ3n) is 3.41. The number of nitrogens with zero attached hydrogens (tertiary/aromatic N) is 1. The standard InChI is InChI=1S/C12H13FN2S/c1-7(8-5-6-8)15-10-4-2-3-9(13)11(10)14-12(15)16/h2-4,7-8H,5-6H2,1H3,(H,14,16). The van der Waals surface area contributed by atoms with Crippen molar-refractivity contribution >= 4 is 23.3 Å². The number of hydrogen-bond acceptors (Lipinski definition) is 1. The molecule has 0 aliphatic heterocycles. The van der Waals surface area contributed by atoms with Crippen LogP contribution in [0.1, 0.15) is 25.8 Å². The lowest BCUT2D eigenvalue weighted by Gasteiger charge is -2.13. The Bertz CT molecular complexity index is 595.